The lowest BCUT2D eigenvalue weighted by molar-refractivity contribution is 0.0937. The van der Waals surface area contributed by atoms with Crippen LogP contribution < -0.4 is 10.1 Å². The lowest BCUT2D eigenvalue weighted by Gasteiger charge is -2.28. The van der Waals surface area contributed by atoms with Gasteiger partial charge in [-0.3, -0.25) is 9.69 Å². The molecule has 0 saturated carbocycles. The third-order valence-electron chi connectivity index (χ3n) is 6.05. The SMILES string of the molecule is COc1cccc(C(CNC(=O)c2cnn(-c3ccc(C)cc3)c2C)N2CCCC2)c1. The number of rotatable bonds is 7. The number of likely N-dealkylation sites (tertiary alicyclic amines) is 1. The minimum Gasteiger partial charge on any atom is -0.497 e. The maximum Gasteiger partial charge on any atom is 0.254 e. The molecule has 6 nitrogen and oxygen atoms in total. The van der Waals surface area contributed by atoms with Crippen LogP contribution in [0.2, 0.25) is 0 Å². The number of amides is 1. The van der Waals surface area contributed by atoms with Gasteiger partial charge >= 0.3 is 0 Å². The number of benzene rings is 2. The van der Waals surface area contributed by atoms with Gasteiger partial charge in [-0.1, -0.05) is 29.8 Å². The van der Waals surface area contributed by atoms with Crippen molar-refractivity contribution in [3.8, 4) is 11.4 Å². The largest absolute Gasteiger partial charge is 0.497 e. The van der Waals surface area contributed by atoms with Gasteiger partial charge in [0.05, 0.1) is 36.3 Å². The average molecular weight is 419 g/mol. The molecule has 1 saturated heterocycles. The third-order valence-corrected chi connectivity index (χ3v) is 6.05. The standard InChI is InChI=1S/C25H30N4O2/c1-18-9-11-21(12-10-18)29-19(2)23(16-27-29)25(30)26-17-24(28-13-4-5-14-28)20-7-6-8-22(15-20)31-3/h6-12,15-16,24H,4-5,13-14,17H2,1-3H3,(H,26,30). The molecule has 0 spiro atoms. The lowest BCUT2D eigenvalue weighted by atomic mass is 10.0. The number of nitrogens with zero attached hydrogens (tertiary/aromatic N) is 3. The molecule has 31 heavy (non-hydrogen) atoms. The molecule has 1 atom stereocenters. The molecule has 162 valence electrons. The minimum atomic E-state index is -0.0945. The van der Waals surface area contributed by atoms with Crippen LogP contribution >= 0.6 is 0 Å². The molecule has 1 unspecified atom stereocenters. The number of methoxy groups -OCH3 is 1. The molecule has 0 radical (unpaired) electrons. The summed E-state index contributed by atoms with van der Waals surface area (Å²) in [7, 11) is 1.68. The van der Waals surface area contributed by atoms with Crippen LogP contribution in [0.5, 0.6) is 5.75 Å². The quantitative estimate of drug-likeness (QED) is 0.629. The molecule has 1 amide bonds. The lowest BCUT2D eigenvalue weighted by Crippen LogP contribution is -2.37. The van der Waals surface area contributed by atoms with Crippen molar-refractivity contribution in [2.45, 2.75) is 32.7 Å². The number of nitrogens with one attached hydrogen (secondary N) is 1. The van der Waals surface area contributed by atoms with E-state index in [9.17, 15) is 4.79 Å². The summed E-state index contributed by atoms with van der Waals surface area (Å²) in [5.41, 5.74) is 4.74. The topological polar surface area (TPSA) is 59.4 Å². The Bertz CT molecular complexity index is 1040. The van der Waals surface area contributed by atoms with Gasteiger partial charge in [0.1, 0.15) is 5.75 Å². The summed E-state index contributed by atoms with van der Waals surface area (Å²) < 4.78 is 7.23. The predicted molar refractivity (Wildman–Crippen MR) is 122 cm³/mol. The van der Waals surface area contributed by atoms with Crippen molar-refractivity contribution in [1.82, 2.24) is 20.0 Å². The van der Waals surface area contributed by atoms with Crippen molar-refractivity contribution >= 4 is 5.91 Å². The first kappa shape index (κ1) is 21.1. The first-order chi connectivity index (χ1) is 15.1. The molecule has 1 fully saturated rings. The molecule has 0 aliphatic carbocycles. The second kappa shape index (κ2) is 9.35. The van der Waals surface area contributed by atoms with Gasteiger partial charge in [-0.05, 0) is 69.6 Å². The van der Waals surface area contributed by atoms with E-state index in [1.54, 1.807) is 13.3 Å². The van der Waals surface area contributed by atoms with Crippen LogP contribution in [-0.2, 0) is 0 Å². The number of aromatic nitrogens is 2. The van der Waals surface area contributed by atoms with Crippen molar-refractivity contribution < 1.29 is 9.53 Å². The normalized spacial score (nSPS) is 15.1. The zero-order valence-electron chi connectivity index (χ0n) is 18.5. The van der Waals surface area contributed by atoms with E-state index >= 15 is 0 Å². The Kier molecular flexibility index (Phi) is 6.37. The smallest absolute Gasteiger partial charge is 0.254 e. The van der Waals surface area contributed by atoms with E-state index in [2.05, 4.69) is 34.4 Å². The molecular weight excluding hydrogens is 388 g/mol. The van der Waals surface area contributed by atoms with Gasteiger partial charge in [0, 0.05) is 6.54 Å². The summed E-state index contributed by atoms with van der Waals surface area (Å²) in [4.78, 5) is 15.5. The zero-order valence-corrected chi connectivity index (χ0v) is 18.5. The molecule has 4 rings (SSSR count). The van der Waals surface area contributed by atoms with Crippen LogP contribution in [0, 0.1) is 13.8 Å². The van der Waals surface area contributed by atoms with Gasteiger partial charge in [-0.15, -0.1) is 0 Å². The molecule has 2 heterocycles. The Morgan fingerprint density at radius 2 is 1.87 bits per heavy atom. The number of carbonyl (C=O) groups excluding carboxylic acids is 1. The summed E-state index contributed by atoms with van der Waals surface area (Å²) in [5.74, 6) is 0.742. The second-order valence-electron chi connectivity index (χ2n) is 8.14. The highest BCUT2D eigenvalue weighted by molar-refractivity contribution is 5.95. The Hall–Kier alpha value is -3.12. The van der Waals surface area contributed by atoms with Gasteiger partial charge in [0.2, 0.25) is 0 Å². The van der Waals surface area contributed by atoms with E-state index < -0.39 is 0 Å². The summed E-state index contributed by atoms with van der Waals surface area (Å²) in [6.45, 7) is 6.62. The Balaban J connectivity index is 1.51. The monoisotopic (exact) mass is 418 g/mol. The van der Waals surface area contributed by atoms with E-state index in [4.69, 9.17) is 4.74 Å². The first-order valence-corrected chi connectivity index (χ1v) is 10.8. The van der Waals surface area contributed by atoms with Crippen molar-refractivity contribution in [3.05, 3.63) is 77.1 Å². The summed E-state index contributed by atoms with van der Waals surface area (Å²) in [5, 5.41) is 7.60. The van der Waals surface area contributed by atoms with Crippen LogP contribution in [0.1, 0.15) is 46.1 Å². The first-order valence-electron chi connectivity index (χ1n) is 10.8. The van der Waals surface area contributed by atoms with Crippen LogP contribution in [0.15, 0.2) is 54.7 Å². The van der Waals surface area contributed by atoms with Crippen LogP contribution in [0.4, 0.5) is 0 Å². The van der Waals surface area contributed by atoms with Gasteiger partial charge in [-0.25, -0.2) is 4.68 Å². The second-order valence-corrected chi connectivity index (χ2v) is 8.14. The average Bonchev–Trinajstić information content (AvgIpc) is 3.45. The van der Waals surface area contributed by atoms with E-state index in [1.807, 2.05) is 48.0 Å². The summed E-state index contributed by atoms with van der Waals surface area (Å²) >= 11 is 0. The van der Waals surface area contributed by atoms with E-state index in [0.29, 0.717) is 12.1 Å². The maximum absolute atomic E-state index is 13.0. The molecule has 1 aliphatic rings. The Morgan fingerprint density at radius 3 is 2.58 bits per heavy atom. The van der Waals surface area contributed by atoms with E-state index in [0.717, 1.165) is 35.8 Å². The fourth-order valence-corrected chi connectivity index (χ4v) is 4.22. The maximum atomic E-state index is 13.0. The van der Waals surface area contributed by atoms with Crippen molar-refractivity contribution in [1.29, 1.82) is 0 Å². The molecule has 1 aromatic heterocycles. The number of ether oxygens (including phenoxy) is 1. The fraction of sp³-hybridized carbons (Fsp3) is 0.360. The molecule has 1 aliphatic heterocycles. The predicted octanol–water partition coefficient (Wildman–Crippen LogP) is 4.06. The summed E-state index contributed by atoms with van der Waals surface area (Å²) in [6.07, 6.45) is 4.04. The van der Waals surface area contributed by atoms with Gasteiger partial charge < -0.3 is 10.1 Å². The Morgan fingerprint density at radius 1 is 1.13 bits per heavy atom. The number of aryl methyl sites for hydroxylation is 1. The number of carbonyl (C=O) groups is 1. The molecule has 6 heteroatoms. The van der Waals surface area contributed by atoms with Crippen LogP contribution in [-0.4, -0.2) is 47.3 Å². The molecule has 1 N–H and O–H groups in total. The van der Waals surface area contributed by atoms with E-state index in [-0.39, 0.29) is 11.9 Å². The van der Waals surface area contributed by atoms with E-state index in [1.165, 1.54) is 18.4 Å². The van der Waals surface area contributed by atoms with Crippen molar-refractivity contribution in [3.63, 3.8) is 0 Å². The zero-order chi connectivity index (χ0) is 21.8. The molecule has 2 aromatic carbocycles. The minimum absolute atomic E-state index is 0.0945. The summed E-state index contributed by atoms with van der Waals surface area (Å²) in [6, 6.07) is 16.4. The highest BCUT2D eigenvalue weighted by Crippen LogP contribution is 2.27. The van der Waals surface area contributed by atoms with Crippen molar-refractivity contribution in [2.24, 2.45) is 0 Å². The van der Waals surface area contributed by atoms with Gasteiger partial charge in [0.15, 0.2) is 0 Å². The van der Waals surface area contributed by atoms with Crippen LogP contribution in [0.25, 0.3) is 5.69 Å². The number of hydrogen-bond acceptors (Lipinski definition) is 4. The van der Waals surface area contributed by atoms with Gasteiger partial charge in [-0.2, -0.15) is 5.10 Å². The Labute approximate surface area is 183 Å². The van der Waals surface area contributed by atoms with Crippen LogP contribution in [0.3, 0.4) is 0 Å². The van der Waals surface area contributed by atoms with Crippen molar-refractivity contribution in [2.75, 3.05) is 26.7 Å². The van der Waals surface area contributed by atoms with Gasteiger partial charge in [0.25, 0.3) is 5.91 Å². The highest BCUT2D eigenvalue weighted by atomic mass is 16.5. The molecular formula is C25H30N4O2. The molecule has 3 aromatic rings. The fourth-order valence-electron chi connectivity index (χ4n) is 4.22. The third kappa shape index (κ3) is 4.64. The highest BCUT2D eigenvalue weighted by Gasteiger charge is 2.25. The number of hydrogen-bond donors (Lipinski definition) is 1. The molecule has 0 bridgehead atoms.